The minimum absolute atomic E-state index is 0. The molecule has 1 aromatic rings. The first-order chi connectivity index (χ1) is 11.6. The molecule has 0 atom stereocenters. The first-order valence-corrected chi connectivity index (χ1v) is 9.10. The number of hydrogen-bond donors (Lipinski definition) is 0. The van der Waals surface area contributed by atoms with Gasteiger partial charge >= 0.3 is 0 Å². The van der Waals surface area contributed by atoms with Crippen LogP contribution in [0.3, 0.4) is 0 Å². The van der Waals surface area contributed by atoms with Gasteiger partial charge in [0.2, 0.25) is 0 Å². The van der Waals surface area contributed by atoms with Crippen LogP contribution in [0.5, 0.6) is 0 Å². The van der Waals surface area contributed by atoms with Crippen molar-refractivity contribution >= 4 is 30.6 Å². The van der Waals surface area contributed by atoms with Crippen molar-refractivity contribution in [1.82, 2.24) is 9.80 Å². The fraction of sp³-hybridized carbons (Fsp3) is 0.600. The van der Waals surface area contributed by atoms with Gasteiger partial charge in [-0.25, -0.2) is 0 Å². The Balaban J connectivity index is 0.00000169. The molecule has 2 heterocycles. The number of hydrogen-bond acceptors (Lipinski definition) is 4. The Labute approximate surface area is 169 Å². The first kappa shape index (κ1) is 22.9. The van der Waals surface area contributed by atoms with Crippen molar-refractivity contribution in [3.63, 3.8) is 0 Å². The van der Waals surface area contributed by atoms with E-state index in [1.54, 1.807) is 6.92 Å². The van der Waals surface area contributed by atoms with E-state index in [-0.39, 0.29) is 30.6 Å². The van der Waals surface area contributed by atoms with Crippen molar-refractivity contribution in [2.45, 2.75) is 39.2 Å². The van der Waals surface area contributed by atoms with Crippen LogP contribution in [-0.2, 0) is 17.8 Å². The van der Waals surface area contributed by atoms with Gasteiger partial charge in [0.05, 0.1) is 18.2 Å². The van der Waals surface area contributed by atoms with Crippen molar-refractivity contribution in [2.75, 3.05) is 32.7 Å². The fourth-order valence-electron chi connectivity index (χ4n) is 3.99. The summed E-state index contributed by atoms with van der Waals surface area (Å²) in [6, 6.07) is 8.35. The summed E-state index contributed by atoms with van der Waals surface area (Å²) >= 11 is 0. The molecule has 144 valence electrons. The molecule has 6 heteroatoms. The molecule has 0 N–H and O–H groups in total. The summed E-state index contributed by atoms with van der Waals surface area (Å²) < 4.78 is 0. The third-order valence-electron chi connectivity index (χ3n) is 5.43. The predicted octanol–water partition coefficient (Wildman–Crippen LogP) is 3.45. The number of rotatable bonds is 5. The predicted molar refractivity (Wildman–Crippen MR) is 109 cm³/mol. The number of benzene rings is 1. The summed E-state index contributed by atoms with van der Waals surface area (Å²) in [5.74, 6) is 1.08. The Bertz CT molecular complexity index is 636. The third kappa shape index (κ3) is 6.25. The lowest BCUT2D eigenvalue weighted by atomic mass is 9.92. The van der Waals surface area contributed by atoms with Gasteiger partial charge in [0.15, 0.2) is 0 Å². The molecule has 0 aromatic heterocycles. The number of Topliss-reactive ketones (excluding diaryl/α,β-unsaturated/α-hetero) is 1. The Hall–Kier alpha value is -1.12. The van der Waals surface area contributed by atoms with Gasteiger partial charge < -0.3 is 0 Å². The van der Waals surface area contributed by atoms with Crippen LogP contribution in [0, 0.1) is 17.2 Å². The van der Waals surface area contributed by atoms with Crippen LogP contribution >= 0.6 is 24.8 Å². The number of carbonyl (C=O) groups is 1. The lowest BCUT2D eigenvalue weighted by molar-refractivity contribution is -0.118. The van der Waals surface area contributed by atoms with E-state index in [2.05, 4.69) is 28.0 Å². The van der Waals surface area contributed by atoms with E-state index >= 15 is 0 Å². The number of fused-ring (bicyclic) bond motifs is 1. The van der Waals surface area contributed by atoms with Crippen molar-refractivity contribution in [3.8, 4) is 6.07 Å². The van der Waals surface area contributed by atoms with Gasteiger partial charge in [-0.1, -0.05) is 6.07 Å². The summed E-state index contributed by atoms with van der Waals surface area (Å²) in [5, 5.41) is 9.00. The number of nitriles is 1. The number of halogens is 2. The van der Waals surface area contributed by atoms with Crippen LogP contribution in [0.25, 0.3) is 0 Å². The average Bonchev–Trinajstić information content (AvgIpc) is 2.60. The monoisotopic (exact) mass is 397 g/mol. The Morgan fingerprint density at radius 2 is 1.88 bits per heavy atom. The normalized spacial score (nSPS) is 18.2. The molecule has 1 fully saturated rings. The minimum Gasteiger partial charge on any atom is -0.299 e. The van der Waals surface area contributed by atoms with Crippen molar-refractivity contribution in [2.24, 2.45) is 5.92 Å². The first-order valence-electron chi connectivity index (χ1n) is 9.10. The van der Waals surface area contributed by atoms with E-state index in [4.69, 9.17) is 5.26 Å². The Kier molecular flexibility index (Phi) is 9.60. The van der Waals surface area contributed by atoms with E-state index in [1.165, 1.54) is 30.4 Å². The highest BCUT2D eigenvalue weighted by atomic mass is 35.5. The highest BCUT2D eigenvalue weighted by Gasteiger charge is 2.22. The molecular formula is C20H29Cl2N3O. The zero-order chi connectivity index (χ0) is 16.9. The quantitative estimate of drug-likeness (QED) is 0.762. The number of carbonyl (C=O) groups excluding carboxylic acids is 1. The van der Waals surface area contributed by atoms with Crippen molar-refractivity contribution in [1.29, 1.82) is 5.26 Å². The summed E-state index contributed by atoms with van der Waals surface area (Å²) in [5.41, 5.74) is 3.51. The summed E-state index contributed by atoms with van der Waals surface area (Å²) in [6.45, 7) is 7.74. The van der Waals surface area contributed by atoms with Gasteiger partial charge in [0.25, 0.3) is 0 Å². The lowest BCUT2D eigenvalue weighted by Crippen LogP contribution is -2.38. The van der Waals surface area contributed by atoms with Gasteiger partial charge in [-0.3, -0.25) is 14.6 Å². The molecule has 2 aliphatic heterocycles. The van der Waals surface area contributed by atoms with Crippen LogP contribution in [0.1, 0.15) is 42.9 Å². The number of piperidine rings is 1. The lowest BCUT2D eigenvalue weighted by Gasteiger charge is -2.34. The standard InChI is InChI=1S/C20H27N3O.2ClH/c1-16(24)14-22-8-4-17(5-9-22)6-10-23-11-7-19-12-18(13-21)2-3-20(19)15-23;;/h2-3,12,17H,4-11,14-15H2,1H3;2*1H. The average molecular weight is 398 g/mol. The van der Waals surface area contributed by atoms with Crippen molar-refractivity contribution < 1.29 is 4.79 Å². The molecule has 4 nitrogen and oxygen atoms in total. The fourth-order valence-corrected chi connectivity index (χ4v) is 3.99. The van der Waals surface area contributed by atoms with E-state index in [1.807, 2.05) is 6.07 Å². The molecule has 0 aliphatic carbocycles. The van der Waals surface area contributed by atoms with E-state index in [0.29, 0.717) is 6.54 Å². The van der Waals surface area contributed by atoms with Gasteiger partial charge in [0, 0.05) is 13.1 Å². The second-order valence-corrected chi connectivity index (χ2v) is 7.33. The molecule has 0 bridgehead atoms. The summed E-state index contributed by atoms with van der Waals surface area (Å²) in [6.07, 6.45) is 4.77. The van der Waals surface area contributed by atoms with Gasteiger partial charge in [0.1, 0.15) is 5.78 Å². The van der Waals surface area contributed by atoms with Crippen LogP contribution in [0.2, 0.25) is 0 Å². The zero-order valence-electron chi connectivity index (χ0n) is 15.4. The largest absolute Gasteiger partial charge is 0.299 e. The molecule has 0 saturated carbocycles. The molecule has 26 heavy (non-hydrogen) atoms. The second-order valence-electron chi connectivity index (χ2n) is 7.33. The third-order valence-corrected chi connectivity index (χ3v) is 5.43. The van der Waals surface area contributed by atoms with Crippen LogP contribution in [-0.4, -0.2) is 48.3 Å². The molecule has 0 unspecified atom stereocenters. The Morgan fingerprint density at radius 3 is 2.54 bits per heavy atom. The summed E-state index contributed by atoms with van der Waals surface area (Å²) in [7, 11) is 0. The van der Waals surface area contributed by atoms with Crippen molar-refractivity contribution in [3.05, 3.63) is 34.9 Å². The molecule has 0 radical (unpaired) electrons. The molecule has 3 rings (SSSR count). The van der Waals surface area contributed by atoms with Crippen LogP contribution in [0.4, 0.5) is 0 Å². The zero-order valence-corrected chi connectivity index (χ0v) is 17.1. The molecule has 1 aromatic carbocycles. The van der Waals surface area contributed by atoms with Gasteiger partial charge in [-0.05, 0) is 81.4 Å². The highest BCUT2D eigenvalue weighted by Crippen LogP contribution is 2.24. The number of ketones is 1. The minimum atomic E-state index is 0. The molecular weight excluding hydrogens is 369 g/mol. The van der Waals surface area contributed by atoms with E-state index in [9.17, 15) is 4.79 Å². The SMILES string of the molecule is CC(=O)CN1CCC(CCN2CCc3cc(C#N)ccc3C2)CC1.Cl.Cl. The molecule has 0 spiro atoms. The topological polar surface area (TPSA) is 47.3 Å². The van der Waals surface area contributed by atoms with Crippen LogP contribution < -0.4 is 0 Å². The number of likely N-dealkylation sites (tertiary alicyclic amines) is 1. The van der Waals surface area contributed by atoms with Crippen LogP contribution in [0.15, 0.2) is 18.2 Å². The maximum Gasteiger partial charge on any atom is 0.143 e. The molecule has 1 saturated heterocycles. The molecule has 2 aliphatic rings. The number of nitrogens with zero attached hydrogens (tertiary/aromatic N) is 3. The highest BCUT2D eigenvalue weighted by molar-refractivity contribution is 5.85. The van der Waals surface area contributed by atoms with Gasteiger partial charge in [-0.2, -0.15) is 5.26 Å². The maximum absolute atomic E-state index is 11.2. The van der Waals surface area contributed by atoms with Gasteiger partial charge in [-0.15, -0.1) is 24.8 Å². The maximum atomic E-state index is 11.2. The Morgan fingerprint density at radius 1 is 1.15 bits per heavy atom. The second kappa shape index (κ2) is 10.9. The molecule has 0 amide bonds. The van der Waals surface area contributed by atoms with E-state index in [0.717, 1.165) is 50.6 Å². The van der Waals surface area contributed by atoms with E-state index < -0.39 is 0 Å². The smallest absolute Gasteiger partial charge is 0.143 e. The summed E-state index contributed by atoms with van der Waals surface area (Å²) in [4.78, 5) is 16.0.